The molecule has 1 aromatic carbocycles. The van der Waals surface area contributed by atoms with E-state index in [-0.39, 0.29) is 5.91 Å². The number of amides is 1. The fourth-order valence-corrected chi connectivity index (χ4v) is 5.79. The number of aryl methyl sites for hydroxylation is 1. The largest absolute Gasteiger partial charge is 0.365 e. The van der Waals surface area contributed by atoms with Crippen LogP contribution in [0.15, 0.2) is 24.3 Å². The third-order valence-corrected chi connectivity index (χ3v) is 7.41. The highest BCUT2D eigenvalue weighted by atomic mass is 32.1. The van der Waals surface area contributed by atoms with E-state index in [1.54, 1.807) is 0 Å². The van der Waals surface area contributed by atoms with Crippen LogP contribution in [0.2, 0.25) is 0 Å². The van der Waals surface area contributed by atoms with Crippen molar-refractivity contribution in [1.29, 1.82) is 0 Å². The smallest absolute Gasteiger partial charge is 0.259 e. The highest BCUT2D eigenvalue weighted by Gasteiger charge is 2.29. The first-order chi connectivity index (χ1) is 13.9. The molecule has 0 saturated carbocycles. The van der Waals surface area contributed by atoms with Crippen molar-refractivity contribution in [3.8, 4) is 0 Å². The summed E-state index contributed by atoms with van der Waals surface area (Å²) in [5, 5.41) is 5.94. The van der Waals surface area contributed by atoms with Crippen LogP contribution in [0.25, 0.3) is 10.1 Å². The monoisotopic (exact) mass is 410 g/mol. The minimum Gasteiger partial charge on any atom is -0.365 e. The second-order valence-corrected chi connectivity index (χ2v) is 9.48. The van der Waals surface area contributed by atoms with Gasteiger partial charge in [0.1, 0.15) is 0 Å². The topological polar surface area (TPSA) is 64.2 Å². The maximum absolute atomic E-state index is 12.1. The van der Waals surface area contributed by atoms with E-state index < -0.39 is 0 Å². The van der Waals surface area contributed by atoms with Crippen molar-refractivity contribution in [3.05, 3.63) is 51.7 Å². The van der Waals surface area contributed by atoms with Crippen molar-refractivity contribution in [3.63, 3.8) is 0 Å². The molecule has 1 aliphatic heterocycles. The molecule has 4 rings (SSSR count). The number of thiophene rings is 1. The van der Waals surface area contributed by atoms with Gasteiger partial charge in [-0.1, -0.05) is 18.2 Å². The fourth-order valence-electron chi connectivity index (χ4n) is 4.70. The summed E-state index contributed by atoms with van der Waals surface area (Å²) in [6.45, 7) is 10.7. The normalized spacial score (nSPS) is 17.6. The van der Waals surface area contributed by atoms with Crippen molar-refractivity contribution in [2.24, 2.45) is 5.73 Å². The van der Waals surface area contributed by atoms with Gasteiger partial charge in [-0.3, -0.25) is 14.4 Å². The standard InChI is InChI=1S/C23H30N4OS/c1-14(2)27-16(4)20(15(3)25-27)13-26-11-7-8-17(26)12-19-18-9-5-6-10-21(18)29-22(19)23(24)28/h5-6,9-10,14,17H,7-8,11-13H2,1-4H3,(H2,24,28). The molecule has 154 valence electrons. The second kappa shape index (κ2) is 7.92. The van der Waals surface area contributed by atoms with Crippen LogP contribution in [0.3, 0.4) is 0 Å². The molecule has 0 spiro atoms. The van der Waals surface area contributed by atoms with Crippen molar-refractivity contribution in [1.82, 2.24) is 14.7 Å². The summed E-state index contributed by atoms with van der Waals surface area (Å²) in [4.78, 5) is 15.4. The van der Waals surface area contributed by atoms with E-state index in [9.17, 15) is 4.79 Å². The molecular weight excluding hydrogens is 380 g/mol. The number of aromatic nitrogens is 2. The van der Waals surface area contributed by atoms with Crippen LogP contribution in [0.1, 0.15) is 64.9 Å². The van der Waals surface area contributed by atoms with Gasteiger partial charge in [0.2, 0.25) is 0 Å². The van der Waals surface area contributed by atoms with Crippen LogP contribution in [0.5, 0.6) is 0 Å². The molecule has 1 saturated heterocycles. The minimum atomic E-state index is -0.310. The summed E-state index contributed by atoms with van der Waals surface area (Å²) in [7, 11) is 0. The molecule has 2 aromatic heterocycles. The number of rotatable bonds is 6. The van der Waals surface area contributed by atoms with Gasteiger partial charge in [-0.2, -0.15) is 5.10 Å². The first-order valence-electron chi connectivity index (χ1n) is 10.5. The van der Waals surface area contributed by atoms with Gasteiger partial charge in [-0.25, -0.2) is 0 Å². The van der Waals surface area contributed by atoms with E-state index >= 15 is 0 Å². The zero-order chi connectivity index (χ0) is 20.7. The zero-order valence-electron chi connectivity index (χ0n) is 17.7. The summed E-state index contributed by atoms with van der Waals surface area (Å²) in [6.07, 6.45) is 3.21. The molecule has 1 amide bonds. The number of nitrogens with two attached hydrogens (primary N) is 1. The molecule has 5 nitrogen and oxygen atoms in total. The van der Waals surface area contributed by atoms with Crippen molar-refractivity contribution >= 4 is 27.3 Å². The highest BCUT2D eigenvalue weighted by molar-refractivity contribution is 7.21. The lowest BCUT2D eigenvalue weighted by molar-refractivity contribution is 0.100. The van der Waals surface area contributed by atoms with Crippen LogP contribution in [-0.2, 0) is 13.0 Å². The first kappa shape index (κ1) is 20.1. The van der Waals surface area contributed by atoms with Gasteiger partial charge in [0, 0.05) is 34.6 Å². The lowest BCUT2D eigenvalue weighted by Crippen LogP contribution is -2.31. The van der Waals surface area contributed by atoms with Crippen molar-refractivity contribution in [2.75, 3.05) is 6.54 Å². The first-order valence-corrected chi connectivity index (χ1v) is 11.3. The Hall–Kier alpha value is -2.18. The van der Waals surface area contributed by atoms with Crippen LogP contribution in [0.4, 0.5) is 0 Å². The molecule has 6 heteroatoms. The van der Waals surface area contributed by atoms with Gasteiger partial charge in [0.05, 0.1) is 10.6 Å². The molecule has 3 aromatic rings. The Balaban J connectivity index is 1.62. The Kier molecular flexibility index (Phi) is 5.49. The predicted octanol–water partition coefficient (Wildman–Crippen LogP) is 4.60. The molecule has 3 heterocycles. The van der Waals surface area contributed by atoms with Gasteiger partial charge >= 0.3 is 0 Å². The SMILES string of the molecule is Cc1nn(C(C)C)c(C)c1CN1CCCC1Cc1c(C(N)=O)sc2ccccc12. The second-order valence-electron chi connectivity index (χ2n) is 8.43. The average molecular weight is 411 g/mol. The number of carbonyl (C=O) groups is 1. The maximum atomic E-state index is 12.1. The summed E-state index contributed by atoms with van der Waals surface area (Å²) >= 11 is 1.53. The van der Waals surface area contributed by atoms with Crippen molar-refractivity contribution in [2.45, 2.75) is 65.6 Å². The Labute approximate surface area is 176 Å². The molecule has 2 N–H and O–H groups in total. The van der Waals surface area contributed by atoms with Gasteiger partial charge in [0.25, 0.3) is 5.91 Å². The van der Waals surface area contributed by atoms with Gasteiger partial charge in [-0.05, 0) is 70.5 Å². The quantitative estimate of drug-likeness (QED) is 0.646. The molecule has 1 fully saturated rings. The lowest BCUT2D eigenvalue weighted by atomic mass is 10.00. The van der Waals surface area contributed by atoms with Crippen molar-refractivity contribution < 1.29 is 4.79 Å². The van der Waals surface area contributed by atoms with E-state index in [0.29, 0.717) is 12.1 Å². The number of likely N-dealkylation sites (tertiary alicyclic amines) is 1. The molecule has 1 aliphatic rings. The number of carbonyl (C=O) groups excluding carboxylic acids is 1. The Morgan fingerprint density at radius 3 is 2.72 bits per heavy atom. The summed E-state index contributed by atoms with van der Waals surface area (Å²) < 4.78 is 3.28. The van der Waals surface area contributed by atoms with Crippen LogP contribution < -0.4 is 5.73 Å². The van der Waals surface area contributed by atoms with Crippen LogP contribution >= 0.6 is 11.3 Å². The Morgan fingerprint density at radius 1 is 1.28 bits per heavy atom. The summed E-state index contributed by atoms with van der Waals surface area (Å²) in [5.41, 5.74) is 10.6. The summed E-state index contributed by atoms with van der Waals surface area (Å²) in [5.74, 6) is -0.310. The number of primary amides is 1. The number of hydrogen-bond donors (Lipinski definition) is 1. The van der Waals surface area contributed by atoms with E-state index in [1.807, 2.05) is 12.1 Å². The van der Waals surface area contributed by atoms with Gasteiger partial charge < -0.3 is 5.73 Å². The van der Waals surface area contributed by atoms with Crippen LogP contribution in [0, 0.1) is 13.8 Å². The molecule has 29 heavy (non-hydrogen) atoms. The molecular formula is C23H30N4OS. The summed E-state index contributed by atoms with van der Waals surface area (Å²) in [6, 6.07) is 9.05. The third kappa shape index (κ3) is 3.71. The molecule has 1 unspecified atom stereocenters. The number of hydrogen-bond acceptors (Lipinski definition) is 4. The van der Waals surface area contributed by atoms with Gasteiger partial charge in [-0.15, -0.1) is 11.3 Å². The third-order valence-electron chi connectivity index (χ3n) is 6.19. The average Bonchev–Trinajstić information content (AvgIpc) is 3.35. The number of fused-ring (bicyclic) bond motifs is 1. The lowest BCUT2D eigenvalue weighted by Gasteiger charge is -2.25. The molecule has 0 aliphatic carbocycles. The fraction of sp³-hybridized carbons (Fsp3) is 0.478. The molecule has 1 atom stereocenters. The number of nitrogens with zero attached hydrogens (tertiary/aromatic N) is 3. The minimum absolute atomic E-state index is 0.310. The zero-order valence-corrected chi connectivity index (χ0v) is 18.6. The number of benzene rings is 1. The van der Waals surface area contributed by atoms with Gasteiger partial charge in [0.15, 0.2) is 0 Å². The van der Waals surface area contributed by atoms with E-state index in [4.69, 9.17) is 10.8 Å². The maximum Gasteiger partial charge on any atom is 0.259 e. The molecule has 0 radical (unpaired) electrons. The predicted molar refractivity (Wildman–Crippen MR) is 120 cm³/mol. The molecule has 0 bridgehead atoms. The van der Waals surface area contributed by atoms with E-state index in [1.165, 1.54) is 34.4 Å². The van der Waals surface area contributed by atoms with E-state index in [2.05, 4.69) is 49.4 Å². The van der Waals surface area contributed by atoms with E-state index in [0.717, 1.165) is 46.8 Å². The highest BCUT2D eigenvalue weighted by Crippen LogP contribution is 2.35. The Bertz CT molecular complexity index is 1050. The van der Waals surface area contributed by atoms with Crippen LogP contribution in [-0.4, -0.2) is 33.2 Å². The Morgan fingerprint density at radius 2 is 2.03 bits per heavy atom.